The second kappa shape index (κ2) is 10.4. The predicted molar refractivity (Wildman–Crippen MR) is 126 cm³/mol. The summed E-state index contributed by atoms with van der Waals surface area (Å²) < 4.78 is 61.1. The Morgan fingerprint density at radius 2 is 1.86 bits per heavy atom. The molecular formula is C27H25F4N3O2. The van der Waals surface area contributed by atoms with E-state index in [-0.39, 0.29) is 29.0 Å². The van der Waals surface area contributed by atoms with Crippen molar-refractivity contribution < 1.29 is 27.1 Å². The van der Waals surface area contributed by atoms with E-state index in [2.05, 4.69) is 15.0 Å². The zero-order valence-corrected chi connectivity index (χ0v) is 19.5. The van der Waals surface area contributed by atoms with Crippen LogP contribution in [0, 0.1) is 17.5 Å². The number of hydrogen-bond donors (Lipinski definition) is 0. The van der Waals surface area contributed by atoms with Crippen LogP contribution < -0.4 is 0 Å². The minimum absolute atomic E-state index is 0.0445. The highest BCUT2D eigenvalue weighted by atomic mass is 19.2. The molecule has 0 N–H and O–H groups in total. The summed E-state index contributed by atoms with van der Waals surface area (Å²) in [6, 6.07) is 9.79. The summed E-state index contributed by atoms with van der Waals surface area (Å²) in [6.07, 6.45) is 5.33. The topological polar surface area (TPSA) is 47.0 Å². The molecule has 36 heavy (non-hydrogen) atoms. The summed E-state index contributed by atoms with van der Waals surface area (Å²) >= 11 is 0. The summed E-state index contributed by atoms with van der Waals surface area (Å²) in [4.78, 5) is 11.4. The molecule has 2 aromatic carbocycles. The first-order chi connectivity index (χ1) is 17.5. The van der Waals surface area contributed by atoms with Crippen LogP contribution in [-0.4, -0.2) is 42.0 Å². The number of aromatic nitrogens is 1. The van der Waals surface area contributed by atoms with Crippen molar-refractivity contribution in [3.63, 3.8) is 0 Å². The van der Waals surface area contributed by atoms with Gasteiger partial charge in [0, 0.05) is 48.7 Å². The van der Waals surface area contributed by atoms with Crippen molar-refractivity contribution in [1.29, 1.82) is 0 Å². The second-order valence-corrected chi connectivity index (χ2v) is 9.00. The van der Waals surface area contributed by atoms with Crippen LogP contribution in [0.25, 0.3) is 0 Å². The highest BCUT2D eigenvalue weighted by molar-refractivity contribution is 6.12. The highest BCUT2D eigenvalue weighted by Gasteiger charge is 2.42. The van der Waals surface area contributed by atoms with E-state index in [1.165, 1.54) is 29.3 Å². The molecule has 5 nitrogen and oxygen atoms in total. The van der Waals surface area contributed by atoms with Gasteiger partial charge < -0.3 is 9.57 Å². The predicted octanol–water partition coefficient (Wildman–Crippen LogP) is 5.26. The lowest BCUT2D eigenvalue weighted by Crippen LogP contribution is -2.42. The first kappa shape index (κ1) is 24.4. The molecule has 0 aliphatic carbocycles. The van der Waals surface area contributed by atoms with E-state index in [0.717, 1.165) is 43.6 Å². The maximum atomic E-state index is 15.2. The van der Waals surface area contributed by atoms with Crippen molar-refractivity contribution in [3.05, 3.63) is 100 Å². The molecule has 188 valence electrons. The van der Waals surface area contributed by atoms with Crippen LogP contribution in [0.15, 0.2) is 60.0 Å². The number of piperidine rings is 1. The molecule has 0 atom stereocenters. The molecule has 3 heterocycles. The molecule has 3 aromatic rings. The number of oxime groups is 1. The third-order valence-electron chi connectivity index (χ3n) is 6.78. The molecular weight excluding hydrogens is 474 g/mol. The quantitative estimate of drug-likeness (QED) is 0.193. The van der Waals surface area contributed by atoms with E-state index in [1.807, 2.05) is 12.3 Å². The van der Waals surface area contributed by atoms with Crippen LogP contribution in [0.1, 0.15) is 40.7 Å². The SMILES string of the molecule is FCCON=C(c1ccc(F)c(F)c1)c1ccc(CN2CCC3(CC2)OCc2ccncc23)cc1F. The lowest BCUT2D eigenvalue weighted by Gasteiger charge is -2.39. The average molecular weight is 500 g/mol. The van der Waals surface area contributed by atoms with Gasteiger partial charge in [-0.15, -0.1) is 0 Å². The Kier molecular flexibility index (Phi) is 7.02. The van der Waals surface area contributed by atoms with Crippen molar-refractivity contribution >= 4 is 5.71 Å². The van der Waals surface area contributed by atoms with E-state index in [1.54, 1.807) is 12.3 Å². The Hall–Kier alpha value is -3.30. The summed E-state index contributed by atoms with van der Waals surface area (Å²) in [5.41, 5.74) is 2.93. The molecule has 2 aliphatic heterocycles. The molecule has 0 unspecified atom stereocenters. The smallest absolute Gasteiger partial charge is 0.159 e. The fourth-order valence-electron chi connectivity index (χ4n) is 4.89. The van der Waals surface area contributed by atoms with Crippen molar-refractivity contribution in [3.8, 4) is 0 Å². The van der Waals surface area contributed by atoms with Crippen molar-refractivity contribution in [1.82, 2.24) is 9.88 Å². The van der Waals surface area contributed by atoms with Gasteiger partial charge in [-0.05, 0) is 60.4 Å². The number of benzene rings is 2. The third-order valence-corrected chi connectivity index (χ3v) is 6.78. The number of ether oxygens (including phenoxy) is 1. The van der Waals surface area contributed by atoms with Gasteiger partial charge in [0.2, 0.25) is 0 Å². The van der Waals surface area contributed by atoms with Gasteiger partial charge in [0.25, 0.3) is 0 Å². The van der Waals surface area contributed by atoms with Crippen LogP contribution >= 0.6 is 0 Å². The van der Waals surface area contributed by atoms with Crippen LogP contribution in [0.5, 0.6) is 0 Å². The maximum absolute atomic E-state index is 15.2. The lowest BCUT2D eigenvalue weighted by atomic mass is 9.84. The Morgan fingerprint density at radius 1 is 1.03 bits per heavy atom. The Bertz CT molecular complexity index is 1280. The van der Waals surface area contributed by atoms with Gasteiger partial charge in [-0.3, -0.25) is 9.88 Å². The van der Waals surface area contributed by atoms with Crippen molar-refractivity contribution in [2.45, 2.75) is 31.6 Å². The zero-order valence-electron chi connectivity index (χ0n) is 19.5. The molecule has 1 saturated heterocycles. The number of nitrogens with zero attached hydrogens (tertiary/aromatic N) is 3. The molecule has 0 amide bonds. The first-order valence-corrected chi connectivity index (χ1v) is 11.8. The van der Waals surface area contributed by atoms with Gasteiger partial charge in [-0.2, -0.15) is 0 Å². The van der Waals surface area contributed by atoms with E-state index >= 15 is 4.39 Å². The van der Waals surface area contributed by atoms with Gasteiger partial charge in [-0.25, -0.2) is 17.6 Å². The molecule has 0 bridgehead atoms. The fourth-order valence-corrected chi connectivity index (χ4v) is 4.89. The number of fused-ring (bicyclic) bond motifs is 2. The van der Waals surface area contributed by atoms with Crippen molar-refractivity contribution in [2.24, 2.45) is 5.16 Å². The largest absolute Gasteiger partial charge is 0.392 e. The molecule has 0 saturated carbocycles. The molecule has 9 heteroatoms. The zero-order chi connectivity index (χ0) is 25.1. The van der Waals surface area contributed by atoms with Crippen LogP contribution in [-0.2, 0) is 28.3 Å². The second-order valence-electron chi connectivity index (χ2n) is 9.00. The molecule has 1 aromatic heterocycles. The molecule has 0 radical (unpaired) electrons. The van der Waals surface area contributed by atoms with Crippen LogP contribution in [0.4, 0.5) is 17.6 Å². The van der Waals surface area contributed by atoms with E-state index in [9.17, 15) is 13.2 Å². The van der Waals surface area contributed by atoms with E-state index in [0.29, 0.717) is 13.2 Å². The Balaban J connectivity index is 1.31. The minimum atomic E-state index is -1.10. The summed E-state index contributed by atoms with van der Waals surface area (Å²) in [5, 5.41) is 3.81. The highest BCUT2D eigenvalue weighted by Crippen LogP contribution is 2.43. The summed E-state index contributed by atoms with van der Waals surface area (Å²) in [7, 11) is 0. The Labute approximate surface area is 206 Å². The van der Waals surface area contributed by atoms with Gasteiger partial charge in [0.15, 0.2) is 11.6 Å². The van der Waals surface area contributed by atoms with Crippen LogP contribution in [0.3, 0.4) is 0 Å². The number of pyridine rings is 1. The van der Waals surface area contributed by atoms with Gasteiger partial charge in [-0.1, -0.05) is 11.2 Å². The monoisotopic (exact) mass is 499 g/mol. The number of alkyl halides is 1. The third kappa shape index (κ3) is 4.85. The number of hydrogen-bond acceptors (Lipinski definition) is 5. The summed E-state index contributed by atoms with van der Waals surface area (Å²) in [6.45, 7) is 1.59. The van der Waals surface area contributed by atoms with E-state index < -0.39 is 24.1 Å². The molecule has 5 rings (SSSR count). The van der Waals surface area contributed by atoms with E-state index in [4.69, 9.17) is 9.57 Å². The van der Waals surface area contributed by atoms with Crippen molar-refractivity contribution in [2.75, 3.05) is 26.4 Å². The van der Waals surface area contributed by atoms with Crippen LogP contribution in [0.2, 0.25) is 0 Å². The average Bonchev–Trinajstić information content (AvgIpc) is 3.24. The fraction of sp³-hybridized carbons (Fsp3) is 0.333. The summed E-state index contributed by atoms with van der Waals surface area (Å²) in [5.74, 6) is -2.73. The molecule has 1 fully saturated rings. The minimum Gasteiger partial charge on any atom is -0.392 e. The van der Waals surface area contributed by atoms with Gasteiger partial charge >= 0.3 is 0 Å². The van der Waals surface area contributed by atoms with Gasteiger partial charge in [0.1, 0.15) is 24.8 Å². The standard InChI is InChI=1S/C27H25F4N3O2/c28-8-12-36-33-26(19-2-4-23(29)25(31)14-19)21-3-1-18(13-24(21)30)16-34-10-6-27(7-11-34)22-15-32-9-5-20(22)17-35-27/h1-5,9,13-15H,6-8,10-12,16-17H2. The lowest BCUT2D eigenvalue weighted by molar-refractivity contribution is -0.0800. The molecule has 1 spiro atoms. The maximum Gasteiger partial charge on any atom is 0.159 e. The normalized spacial score (nSPS) is 17.4. The van der Waals surface area contributed by atoms with Gasteiger partial charge in [0.05, 0.1) is 12.2 Å². The first-order valence-electron chi connectivity index (χ1n) is 11.8. The molecule has 2 aliphatic rings. The number of rotatable bonds is 7. The Morgan fingerprint density at radius 3 is 2.61 bits per heavy atom. The number of halogens is 4. The number of likely N-dealkylation sites (tertiary alicyclic amines) is 1.